The summed E-state index contributed by atoms with van der Waals surface area (Å²) in [7, 11) is -4.53. The van der Waals surface area contributed by atoms with Gasteiger partial charge in [-0.25, -0.2) is 8.42 Å². The lowest BCUT2D eigenvalue weighted by atomic mass is 10.2. The van der Waals surface area contributed by atoms with E-state index < -0.39 is 26.1 Å². The van der Waals surface area contributed by atoms with Crippen molar-refractivity contribution in [3.8, 4) is 0 Å². The number of nitrogens with one attached hydrogen (secondary N) is 1. The van der Waals surface area contributed by atoms with Crippen molar-refractivity contribution in [3.63, 3.8) is 0 Å². The number of benzene rings is 1. The summed E-state index contributed by atoms with van der Waals surface area (Å²) >= 11 is 0. The van der Waals surface area contributed by atoms with Crippen LogP contribution < -0.4 is 4.72 Å². The predicted octanol–water partition coefficient (Wildman–Crippen LogP) is 2.21. The Kier molecular flexibility index (Phi) is 4.92. The van der Waals surface area contributed by atoms with Gasteiger partial charge >= 0.3 is 0 Å². The minimum atomic E-state index is -3.40. The summed E-state index contributed by atoms with van der Waals surface area (Å²) in [6, 6.07) is 6.65. The molecule has 2 unspecified atom stereocenters. The monoisotopic (exact) mass is 289 g/mol. The van der Waals surface area contributed by atoms with E-state index in [0.717, 1.165) is 0 Å². The van der Waals surface area contributed by atoms with Crippen molar-refractivity contribution in [1.29, 1.82) is 0 Å². The molecule has 0 radical (unpaired) electrons. The molecule has 0 aliphatic heterocycles. The van der Waals surface area contributed by atoms with Crippen LogP contribution in [0.5, 0.6) is 0 Å². The van der Waals surface area contributed by atoms with Crippen LogP contribution in [-0.2, 0) is 20.8 Å². The number of sulfonamides is 1. The minimum Gasteiger partial charge on any atom is -0.283 e. The van der Waals surface area contributed by atoms with Crippen LogP contribution in [0.2, 0.25) is 0 Å². The average Bonchev–Trinajstić information content (AvgIpc) is 2.27. The van der Waals surface area contributed by atoms with Gasteiger partial charge in [0.15, 0.2) is 0 Å². The van der Waals surface area contributed by atoms with E-state index in [1.54, 1.807) is 37.4 Å². The molecule has 18 heavy (non-hydrogen) atoms. The second kappa shape index (κ2) is 5.84. The maximum absolute atomic E-state index is 12.0. The Morgan fingerprint density at radius 2 is 1.83 bits per heavy atom. The highest BCUT2D eigenvalue weighted by Gasteiger charge is 2.23. The second-order valence-electron chi connectivity index (χ2n) is 4.58. The molecule has 0 heterocycles. The van der Waals surface area contributed by atoms with E-state index in [4.69, 9.17) is 0 Å². The minimum absolute atomic E-state index is 0.0333. The van der Waals surface area contributed by atoms with E-state index in [9.17, 15) is 12.6 Å². The van der Waals surface area contributed by atoms with Crippen LogP contribution in [0.4, 0.5) is 5.69 Å². The highest BCUT2D eigenvalue weighted by Crippen LogP contribution is 2.18. The van der Waals surface area contributed by atoms with Gasteiger partial charge in [-0.1, -0.05) is 19.9 Å². The van der Waals surface area contributed by atoms with E-state index in [0.29, 0.717) is 10.6 Å². The second-order valence-corrected chi connectivity index (χ2v) is 8.00. The summed E-state index contributed by atoms with van der Waals surface area (Å²) in [4.78, 5) is 0.604. The van der Waals surface area contributed by atoms with Crippen LogP contribution >= 0.6 is 0 Å². The molecular weight excluding hydrogens is 270 g/mol. The smallest absolute Gasteiger partial charge is 0.235 e. The molecule has 0 aromatic heterocycles. The Balaban J connectivity index is 2.98. The molecule has 4 nitrogen and oxygen atoms in total. The SMILES string of the molecule is CC(C)C(C)S(=O)(=O)Nc1cccc(S(C)=O)c1. The third-order valence-electron chi connectivity index (χ3n) is 2.85. The lowest BCUT2D eigenvalue weighted by molar-refractivity contribution is 0.550. The maximum atomic E-state index is 12.0. The zero-order chi connectivity index (χ0) is 13.9. The summed E-state index contributed by atoms with van der Waals surface area (Å²) in [5, 5.41) is -0.478. The van der Waals surface area contributed by atoms with E-state index in [2.05, 4.69) is 4.72 Å². The number of hydrogen-bond acceptors (Lipinski definition) is 3. The summed E-state index contributed by atoms with van der Waals surface area (Å²) in [5.74, 6) is 0.0333. The molecule has 0 aliphatic carbocycles. The lowest BCUT2D eigenvalue weighted by Crippen LogP contribution is -2.29. The van der Waals surface area contributed by atoms with Gasteiger partial charge in [0, 0.05) is 27.6 Å². The highest BCUT2D eigenvalue weighted by molar-refractivity contribution is 7.93. The molecule has 0 saturated heterocycles. The summed E-state index contributed by atoms with van der Waals surface area (Å²) in [6.07, 6.45) is 1.56. The fourth-order valence-corrected chi connectivity index (χ4v) is 3.28. The molecule has 1 N–H and O–H groups in total. The van der Waals surface area contributed by atoms with Gasteiger partial charge in [-0.2, -0.15) is 0 Å². The molecule has 0 saturated carbocycles. The van der Waals surface area contributed by atoms with Crippen molar-refractivity contribution in [2.24, 2.45) is 5.92 Å². The molecule has 1 rings (SSSR count). The van der Waals surface area contributed by atoms with Crippen LogP contribution in [0.1, 0.15) is 20.8 Å². The quantitative estimate of drug-likeness (QED) is 0.904. The lowest BCUT2D eigenvalue weighted by Gasteiger charge is -2.17. The van der Waals surface area contributed by atoms with Crippen molar-refractivity contribution in [1.82, 2.24) is 0 Å². The van der Waals surface area contributed by atoms with Gasteiger partial charge in [0.2, 0.25) is 10.0 Å². The van der Waals surface area contributed by atoms with Crippen LogP contribution in [-0.4, -0.2) is 24.1 Å². The third kappa shape index (κ3) is 3.81. The molecule has 102 valence electrons. The summed E-state index contributed by atoms with van der Waals surface area (Å²) in [6.45, 7) is 5.40. The molecule has 1 aromatic rings. The fourth-order valence-electron chi connectivity index (χ4n) is 1.35. The van der Waals surface area contributed by atoms with Crippen LogP contribution in [0.15, 0.2) is 29.2 Å². The van der Waals surface area contributed by atoms with E-state index >= 15 is 0 Å². The van der Waals surface area contributed by atoms with Crippen LogP contribution in [0.25, 0.3) is 0 Å². The van der Waals surface area contributed by atoms with Crippen molar-refractivity contribution in [3.05, 3.63) is 24.3 Å². The Morgan fingerprint density at radius 3 is 2.33 bits per heavy atom. The first kappa shape index (κ1) is 15.2. The average molecular weight is 289 g/mol. The van der Waals surface area contributed by atoms with Crippen LogP contribution in [0, 0.1) is 5.92 Å². The van der Waals surface area contributed by atoms with Crippen LogP contribution in [0.3, 0.4) is 0 Å². The maximum Gasteiger partial charge on any atom is 0.235 e. The number of rotatable bonds is 5. The first-order valence-corrected chi connectivity index (χ1v) is 8.79. The van der Waals surface area contributed by atoms with Crippen molar-refractivity contribution in [2.75, 3.05) is 11.0 Å². The molecule has 0 fully saturated rings. The van der Waals surface area contributed by atoms with Crippen molar-refractivity contribution < 1.29 is 12.6 Å². The first-order valence-electron chi connectivity index (χ1n) is 5.69. The molecule has 2 atom stereocenters. The first-order chi connectivity index (χ1) is 8.24. The Hall–Kier alpha value is -0.880. The molecule has 0 aliphatic rings. The Morgan fingerprint density at radius 1 is 1.22 bits per heavy atom. The van der Waals surface area contributed by atoms with E-state index in [1.807, 2.05) is 13.8 Å². The van der Waals surface area contributed by atoms with Gasteiger partial charge in [-0.15, -0.1) is 0 Å². The Bertz CT molecular complexity index is 538. The summed E-state index contributed by atoms with van der Waals surface area (Å²) < 4.78 is 37.9. The molecule has 0 spiro atoms. The molecule has 0 amide bonds. The van der Waals surface area contributed by atoms with Gasteiger partial charge in [0.05, 0.1) is 5.25 Å². The molecular formula is C12H19NO3S2. The van der Waals surface area contributed by atoms with Gasteiger partial charge in [-0.05, 0) is 31.0 Å². The van der Waals surface area contributed by atoms with Crippen molar-refractivity contribution in [2.45, 2.75) is 30.9 Å². The zero-order valence-corrected chi connectivity index (χ0v) is 12.6. The van der Waals surface area contributed by atoms with E-state index in [1.165, 1.54) is 0 Å². The van der Waals surface area contributed by atoms with Gasteiger partial charge in [0.25, 0.3) is 0 Å². The van der Waals surface area contributed by atoms with E-state index in [-0.39, 0.29) is 5.92 Å². The Labute approximate surface area is 111 Å². The van der Waals surface area contributed by atoms with Gasteiger partial charge in [0.1, 0.15) is 0 Å². The third-order valence-corrected chi connectivity index (χ3v) is 5.82. The topological polar surface area (TPSA) is 63.2 Å². The van der Waals surface area contributed by atoms with Crippen molar-refractivity contribution >= 4 is 26.5 Å². The highest BCUT2D eigenvalue weighted by atomic mass is 32.2. The zero-order valence-electron chi connectivity index (χ0n) is 11.0. The standard InChI is InChI=1S/C12H19NO3S2/c1-9(2)10(3)18(15,16)13-11-6-5-7-12(8-11)17(4)14/h5-10,13H,1-4H3. The normalized spacial score (nSPS) is 15.4. The number of hydrogen-bond donors (Lipinski definition) is 1. The number of anilines is 1. The predicted molar refractivity (Wildman–Crippen MR) is 75.6 cm³/mol. The summed E-state index contributed by atoms with van der Waals surface area (Å²) in [5.41, 5.74) is 0.454. The van der Waals surface area contributed by atoms with Gasteiger partial charge in [-0.3, -0.25) is 8.93 Å². The van der Waals surface area contributed by atoms with Gasteiger partial charge < -0.3 is 0 Å². The molecule has 1 aromatic carbocycles. The molecule has 6 heteroatoms. The molecule has 0 bridgehead atoms. The fraction of sp³-hybridized carbons (Fsp3) is 0.500. The largest absolute Gasteiger partial charge is 0.283 e.